The van der Waals surface area contributed by atoms with Gasteiger partial charge in [0.25, 0.3) is 0 Å². The van der Waals surface area contributed by atoms with E-state index in [0.29, 0.717) is 11.3 Å². The summed E-state index contributed by atoms with van der Waals surface area (Å²) in [7, 11) is 0. The van der Waals surface area contributed by atoms with Crippen LogP contribution in [0.3, 0.4) is 0 Å². The number of anilines is 1. The Bertz CT molecular complexity index is 309. The molecule has 2 nitrogen and oxygen atoms in total. The molecule has 1 aromatic carbocycles. The Morgan fingerprint density at radius 3 is 2.75 bits per heavy atom. The molecule has 0 radical (unpaired) electrons. The van der Waals surface area contributed by atoms with Gasteiger partial charge in [0.2, 0.25) is 5.12 Å². The third-order valence-electron chi connectivity index (χ3n) is 1.67. The molecular weight excluding hydrogens is 170 g/mol. The van der Waals surface area contributed by atoms with Gasteiger partial charge in [-0.1, -0.05) is 17.8 Å². The summed E-state index contributed by atoms with van der Waals surface area (Å²) < 4.78 is 0. The van der Waals surface area contributed by atoms with Crippen LogP contribution >= 0.6 is 11.8 Å². The fourth-order valence-corrected chi connectivity index (χ4v) is 1.41. The number of rotatable bonds is 1. The van der Waals surface area contributed by atoms with E-state index in [-0.39, 0.29) is 5.12 Å². The van der Waals surface area contributed by atoms with Crippen LogP contribution in [0.15, 0.2) is 18.2 Å². The van der Waals surface area contributed by atoms with Crippen LogP contribution in [0.2, 0.25) is 0 Å². The number of hydrogen-bond donors (Lipinski definition) is 1. The van der Waals surface area contributed by atoms with Gasteiger partial charge in [0.15, 0.2) is 0 Å². The third kappa shape index (κ3) is 1.80. The van der Waals surface area contributed by atoms with Crippen LogP contribution < -0.4 is 5.73 Å². The number of aryl methyl sites for hydroxylation is 1. The minimum Gasteiger partial charge on any atom is -0.399 e. The summed E-state index contributed by atoms with van der Waals surface area (Å²) in [5.74, 6) is 0. The summed E-state index contributed by atoms with van der Waals surface area (Å²) >= 11 is 1.21. The van der Waals surface area contributed by atoms with Crippen molar-refractivity contribution >= 4 is 22.6 Å². The normalized spacial score (nSPS) is 9.83. The number of hydrogen-bond acceptors (Lipinski definition) is 3. The van der Waals surface area contributed by atoms with Gasteiger partial charge in [-0.25, -0.2) is 0 Å². The molecule has 0 bridgehead atoms. The van der Waals surface area contributed by atoms with E-state index in [2.05, 4.69) is 0 Å². The Morgan fingerprint density at radius 1 is 1.50 bits per heavy atom. The molecule has 0 aliphatic heterocycles. The number of nitrogen functional groups attached to an aromatic ring is 1. The van der Waals surface area contributed by atoms with E-state index in [9.17, 15) is 4.79 Å². The first-order chi connectivity index (χ1) is 5.65. The molecule has 0 fully saturated rings. The van der Waals surface area contributed by atoms with Gasteiger partial charge < -0.3 is 5.73 Å². The van der Waals surface area contributed by atoms with E-state index in [1.54, 1.807) is 18.4 Å². The molecule has 64 valence electrons. The number of carbonyl (C=O) groups is 1. The second kappa shape index (κ2) is 3.63. The minimum atomic E-state index is 0.0693. The second-order valence-corrected chi connectivity index (χ2v) is 3.34. The summed E-state index contributed by atoms with van der Waals surface area (Å²) in [6, 6.07) is 5.37. The molecule has 0 aromatic heterocycles. The molecule has 0 aliphatic rings. The van der Waals surface area contributed by atoms with Gasteiger partial charge >= 0.3 is 0 Å². The monoisotopic (exact) mass is 181 g/mol. The number of nitrogens with two attached hydrogens (primary N) is 1. The van der Waals surface area contributed by atoms with Crippen molar-refractivity contribution in [2.24, 2.45) is 0 Å². The van der Waals surface area contributed by atoms with Crippen LogP contribution in [-0.4, -0.2) is 11.4 Å². The van der Waals surface area contributed by atoms with E-state index in [1.165, 1.54) is 11.8 Å². The van der Waals surface area contributed by atoms with E-state index in [1.807, 2.05) is 13.0 Å². The van der Waals surface area contributed by atoms with Crippen molar-refractivity contribution in [2.45, 2.75) is 6.92 Å². The Balaban J connectivity index is 3.13. The lowest BCUT2D eigenvalue weighted by atomic mass is 10.1. The molecule has 0 amide bonds. The van der Waals surface area contributed by atoms with Crippen molar-refractivity contribution in [3.05, 3.63) is 29.3 Å². The molecule has 3 heteroatoms. The van der Waals surface area contributed by atoms with Gasteiger partial charge in [-0.05, 0) is 30.9 Å². The summed E-state index contributed by atoms with van der Waals surface area (Å²) in [5.41, 5.74) is 7.88. The van der Waals surface area contributed by atoms with Crippen LogP contribution in [0.25, 0.3) is 0 Å². The largest absolute Gasteiger partial charge is 0.399 e. The summed E-state index contributed by atoms with van der Waals surface area (Å²) in [6.07, 6.45) is 1.77. The summed E-state index contributed by atoms with van der Waals surface area (Å²) in [6.45, 7) is 1.91. The van der Waals surface area contributed by atoms with E-state index >= 15 is 0 Å². The maximum atomic E-state index is 11.3. The van der Waals surface area contributed by atoms with Crippen LogP contribution in [0.1, 0.15) is 15.9 Å². The van der Waals surface area contributed by atoms with Crippen LogP contribution in [0.4, 0.5) is 5.69 Å². The van der Waals surface area contributed by atoms with Gasteiger partial charge in [-0.15, -0.1) is 0 Å². The lowest BCUT2D eigenvalue weighted by molar-refractivity contribution is 0.108. The SMILES string of the molecule is CSC(=O)c1cc(N)ccc1C. The molecule has 1 rings (SSSR count). The van der Waals surface area contributed by atoms with Crippen LogP contribution in [0.5, 0.6) is 0 Å². The number of benzene rings is 1. The van der Waals surface area contributed by atoms with Crippen molar-refractivity contribution in [3.8, 4) is 0 Å². The lowest BCUT2D eigenvalue weighted by Crippen LogP contribution is -1.97. The minimum absolute atomic E-state index is 0.0693. The molecule has 0 saturated heterocycles. The third-order valence-corrected chi connectivity index (χ3v) is 2.26. The standard InChI is InChI=1S/C9H11NOS/c1-6-3-4-7(10)5-8(6)9(11)12-2/h3-5H,10H2,1-2H3. The maximum Gasteiger partial charge on any atom is 0.219 e. The van der Waals surface area contributed by atoms with E-state index in [0.717, 1.165) is 5.56 Å². The highest BCUT2D eigenvalue weighted by Gasteiger charge is 2.06. The molecule has 0 aliphatic carbocycles. The number of carbonyl (C=O) groups excluding carboxylic acids is 1. The molecular formula is C9H11NOS. The number of thioether (sulfide) groups is 1. The fourth-order valence-electron chi connectivity index (χ4n) is 0.969. The molecule has 2 N–H and O–H groups in total. The zero-order valence-electron chi connectivity index (χ0n) is 7.13. The maximum absolute atomic E-state index is 11.3. The molecule has 1 aromatic rings. The van der Waals surface area contributed by atoms with Gasteiger partial charge in [0, 0.05) is 11.3 Å². The first kappa shape index (κ1) is 9.13. The van der Waals surface area contributed by atoms with Crippen molar-refractivity contribution in [2.75, 3.05) is 12.0 Å². The highest BCUT2D eigenvalue weighted by molar-refractivity contribution is 8.13. The predicted octanol–water partition coefficient (Wildman–Crippen LogP) is 2.08. The van der Waals surface area contributed by atoms with Crippen LogP contribution in [-0.2, 0) is 0 Å². The van der Waals surface area contributed by atoms with E-state index < -0.39 is 0 Å². The highest BCUT2D eigenvalue weighted by Crippen LogP contribution is 2.17. The molecule has 0 spiro atoms. The van der Waals surface area contributed by atoms with Crippen molar-refractivity contribution in [1.29, 1.82) is 0 Å². The van der Waals surface area contributed by atoms with Gasteiger partial charge in [-0.2, -0.15) is 0 Å². The Morgan fingerprint density at radius 2 is 2.17 bits per heavy atom. The Labute approximate surface area is 76.2 Å². The zero-order valence-corrected chi connectivity index (χ0v) is 7.94. The first-order valence-electron chi connectivity index (χ1n) is 3.59. The van der Waals surface area contributed by atoms with Gasteiger partial charge in [-0.3, -0.25) is 4.79 Å². The molecule has 0 atom stereocenters. The predicted molar refractivity (Wildman–Crippen MR) is 53.4 cm³/mol. The van der Waals surface area contributed by atoms with Gasteiger partial charge in [0.1, 0.15) is 0 Å². The summed E-state index contributed by atoms with van der Waals surface area (Å²) in [4.78, 5) is 11.3. The molecule has 12 heavy (non-hydrogen) atoms. The zero-order chi connectivity index (χ0) is 9.14. The van der Waals surface area contributed by atoms with Gasteiger partial charge in [0.05, 0.1) is 0 Å². The second-order valence-electron chi connectivity index (χ2n) is 2.57. The molecule has 0 heterocycles. The topological polar surface area (TPSA) is 43.1 Å². The van der Waals surface area contributed by atoms with Crippen molar-refractivity contribution in [3.63, 3.8) is 0 Å². The van der Waals surface area contributed by atoms with E-state index in [4.69, 9.17) is 5.73 Å². The van der Waals surface area contributed by atoms with Crippen molar-refractivity contribution < 1.29 is 4.79 Å². The fraction of sp³-hybridized carbons (Fsp3) is 0.222. The van der Waals surface area contributed by atoms with Crippen molar-refractivity contribution in [1.82, 2.24) is 0 Å². The molecule has 0 unspecified atom stereocenters. The Kier molecular flexibility index (Phi) is 2.76. The highest BCUT2D eigenvalue weighted by atomic mass is 32.2. The summed E-state index contributed by atoms with van der Waals surface area (Å²) in [5, 5.41) is 0.0693. The quantitative estimate of drug-likeness (QED) is 0.674. The smallest absolute Gasteiger partial charge is 0.219 e. The van der Waals surface area contributed by atoms with Crippen LogP contribution in [0, 0.1) is 6.92 Å². The molecule has 0 saturated carbocycles. The first-order valence-corrected chi connectivity index (χ1v) is 4.82. The average molecular weight is 181 g/mol. The Hall–Kier alpha value is -0.960. The average Bonchev–Trinajstić information content (AvgIpc) is 2.08. The lowest BCUT2D eigenvalue weighted by Gasteiger charge is -2.02.